The van der Waals surface area contributed by atoms with E-state index in [-0.39, 0.29) is 11.0 Å². The highest BCUT2D eigenvalue weighted by Gasteiger charge is 2.20. The molecule has 0 spiro atoms. The largest absolute Gasteiger partial charge is 0.459 e. The number of carbonyl (C=O) groups is 1. The van der Waals surface area contributed by atoms with Gasteiger partial charge in [0.1, 0.15) is 0 Å². The number of ketones is 1. The van der Waals surface area contributed by atoms with E-state index in [9.17, 15) is 4.79 Å². The SMILES string of the molecule is C[C@H](Sc1nnc(-c2ccco2)o1)C(=O)c1ccc(Cl)cc1. The van der Waals surface area contributed by atoms with Crippen molar-refractivity contribution in [2.24, 2.45) is 0 Å². The van der Waals surface area contributed by atoms with Gasteiger partial charge in [0.15, 0.2) is 11.5 Å². The van der Waals surface area contributed by atoms with Crippen LogP contribution < -0.4 is 0 Å². The number of hydrogen-bond donors (Lipinski definition) is 0. The Labute approximate surface area is 135 Å². The molecule has 0 unspecified atom stereocenters. The Morgan fingerprint density at radius 3 is 2.68 bits per heavy atom. The van der Waals surface area contributed by atoms with E-state index in [1.54, 1.807) is 43.3 Å². The lowest BCUT2D eigenvalue weighted by Crippen LogP contribution is -2.13. The van der Waals surface area contributed by atoms with Crippen molar-refractivity contribution in [1.29, 1.82) is 0 Å². The summed E-state index contributed by atoms with van der Waals surface area (Å²) in [5, 5.41) is 8.37. The van der Waals surface area contributed by atoms with Gasteiger partial charge >= 0.3 is 0 Å². The fourth-order valence-corrected chi connectivity index (χ4v) is 2.70. The molecule has 0 radical (unpaired) electrons. The highest BCUT2D eigenvalue weighted by atomic mass is 35.5. The molecular formula is C15H11ClN2O3S. The summed E-state index contributed by atoms with van der Waals surface area (Å²) >= 11 is 7.02. The summed E-state index contributed by atoms with van der Waals surface area (Å²) in [4.78, 5) is 12.3. The highest BCUT2D eigenvalue weighted by molar-refractivity contribution is 8.00. The number of nitrogens with zero attached hydrogens (tertiary/aromatic N) is 2. The second-order valence-corrected chi connectivity index (χ2v) is 6.21. The Morgan fingerprint density at radius 1 is 1.23 bits per heavy atom. The van der Waals surface area contributed by atoms with E-state index < -0.39 is 0 Å². The monoisotopic (exact) mass is 334 g/mol. The van der Waals surface area contributed by atoms with Crippen molar-refractivity contribution in [3.8, 4) is 11.7 Å². The van der Waals surface area contributed by atoms with Gasteiger partial charge in [0.2, 0.25) is 0 Å². The van der Waals surface area contributed by atoms with Crippen LogP contribution in [0, 0.1) is 0 Å². The van der Waals surface area contributed by atoms with Crippen molar-refractivity contribution in [3.05, 3.63) is 53.2 Å². The third-order valence-corrected chi connectivity index (χ3v) is 4.10. The van der Waals surface area contributed by atoms with Gasteiger partial charge in [-0.05, 0) is 43.3 Å². The molecular weight excluding hydrogens is 324 g/mol. The minimum atomic E-state index is -0.355. The van der Waals surface area contributed by atoms with Gasteiger partial charge < -0.3 is 8.83 Å². The Bertz CT molecular complexity index is 768. The third kappa shape index (κ3) is 3.23. The number of rotatable bonds is 5. The third-order valence-electron chi connectivity index (χ3n) is 2.91. The van der Waals surface area contributed by atoms with E-state index in [4.69, 9.17) is 20.4 Å². The van der Waals surface area contributed by atoms with Crippen LogP contribution in [0.3, 0.4) is 0 Å². The predicted octanol–water partition coefficient (Wildman–Crippen LogP) is 4.35. The van der Waals surface area contributed by atoms with E-state index >= 15 is 0 Å². The maximum Gasteiger partial charge on any atom is 0.284 e. The lowest BCUT2D eigenvalue weighted by atomic mass is 10.1. The van der Waals surface area contributed by atoms with Crippen LogP contribution in [-0.2, 0) is 0 Å². The summed E-state index contributed by atoms with van der Waals surface area (Å²) in [6.45, 7) is 1.79. The lowest BCUT2D eigenvalue weighted by Gasteiger charge is -2.07. The molecule has 112 valence electrons. The van der Waals surface area contributed by atoms with Gasteiger partial charge in [0, 0.05) is 10.6 Å². The van der Waals surface area contributed by atoms with Crippen LogP contribution in [0.1, 0.15) is 17.3 Å². The molecule has 0 saturated heterocycles. The zero-order valence-electron chi connectivity index (χ0n) is 11.5. The quantitative estimate of drug-likeness (QED) is 0.510. The maximum atomic E-state index is 12.3. The van der Waals surface area contributed by atoms with Crippen LogP contribution in [0.2, 0.25) is 5.02 Å². The van der Waals surface area contributed by atoms with Crippen molar-refractivity contribution in [2.45, 2.75) is 17.4 Å². The standard InChI is InChI=1S/C15H11ClN2O3S/c1-9(13(19)10-4-6-11(16)7-5-10)22-15-18-17-14(21-15)12-3-2-8-20-12/h2-9H,1H3/t9-/m0/s1. The Morgan fingerprint density at radius 2 is 2.00 bits per heavy atom. The van der Waals surface area contributed by atoms with Gasteiger partial charge in [-0.1, -0.05) is 23.4 Å². The molecule has 2 heterocycles. The van der Waals surface area contributed by atoms with Crippen molar-refractivity contribution in [2.75, 3.05) is 0 Å². The molecule has 0 amide bonds. The molecule has 1 aromatic carbocycles. The molecule has 7 heteroatoms. The smallest absolute Gasteiger partial charge is 0.284 e. The van der Waals surface area contributed by atoms with Gasteiger partial charge in [-0.15, -0.1) is 10.2 Å². The minimum absolute atomic E-state index is 0.0283. The van der Waals surface area contributed by atoms with Crippen molar-refractivity contribution in [1.82, 2.24) is 10.2 Å². The molecule has 0 aliphatic rings. The number of thioether (sulfide) groups is 1. The average molecular weight is 335 g/mol. The van der Waals surface area contributed by atoms with Crippen LogP contribution in [0.5, 0.6) is 0 Å². The molecule has 0 fully saturated rings. The van der Waals surface area contributed by atoms with E-state index in [2.05, 4.69) is 10.2 Å². The average Bonchev–Trinajstić information content (AvgIpc) is 3.18. The number of hydrogen-bond acceptors (Lipinski definition) is 6. The summed E-state index contributed by atoms with van der Waals surface area (Å²) in [6, 6.07) is 10.2. The highest BCUT2D eigenvalue weighted by Crippen LogP contribution is 2.28. The number of Topliss-reactive ketones (excluding diaryl/α,β-unsaturated/α-hetero) is 1. The van der Waals surface area contributed by atoms with Gasteiger partial charge in [-0.3, -0.25) is 4.79 Å². The second kappa shape index (κ2) is 6.37. The zero-order chi connectivity index (χ0) is 15.5. The van der Waals surface area contributed by atoms with Crippen molar-refractivity contribution < 1.29 is 13.6 Å². The van der Waals surface area contributed by atoms with Gasteiger partial charge in [0.05, 0.1) is 11.5 Å². The van der Waals surface area contributed by atoms with Crippen molar-refractivity contribution >= 4 is 29.1 Å². The summed E-state index contributed by atoms with van der Waals surface area (Å²) in [7, 11) is 0. The van der Waals surface area contributed by atoms with E-state index in [1.807, 2.05) is 0 Å². The number of furan rings is 1. The first-order valence-electron chi connectivity index (χ1n) is 6.47. The molecule has 0 saturated carbocycles. The lowest BCUT2D eigenvalue weighted by molar-refractivity contribution is 0.0993. The Balaban J connectivity index is 1.70. The van der Waals surface area contributed by atoms with Gasteiger partial charge in [-0.25, -0.2) is 0 Å². The molecule has 2 aromatic heterocycles. The van der Waals surface area contributed by atoms with Gasteiger partial charge in [-0.2, -0.15) is 0 Å². The minimum Gasteiger partial charge on any atom is -0.459 e. The number of benzene rings is 1. The fraction of sp³-hybridized carbons (Fsp3) is 0.133. The summed E-state index contributed by atoms with van der Waals surface area (Å²) in [5.74, 6) is 0.758. The first-order chi connectivity index (χ1) is 10.6. The van der Waals surface area contributed by atoms with Crippen LogP contribution in [0.4, 0.5) is 0 Å². The van der Waals surface area contributed by atoms with Crippen molar-refractivity contribution in [3.63, 3.8) is 0 Å². The topological polar surface area (TPSA) is 69.1 Å². The molecule has 0 bridgehead atoms. The van der Waals surface area contributed by atoms with Crippen LogP contribution in [-0.4, -0.2) is 21.2 Å². The predicted molar refractivity (Wildman–Crippen MR) is 83.1 cm³/mol. The fourth-order valence-electron chi connectivity index (χ4n) is 1.81. The van der Waals surface area contributed by atoms with Crippen LogP contribution in [0.15, 0.2) is 56.7 Å². The Hall–Kier alpha value is -2.05. The Kier molecular flexibility index (Phi) is 4.31. The summed E-state index contributed by atoms with van der Waals surface area (Å²) in [6.07, 6.45) is 1.53. The van der Waals surface area contributed by atoms with Gasteiger partial charge in [0.25, 0.3) is 11.1 Å². The van der Waals surface area contributed by atoms with E-state index in [0.717, 1.165) is 0 Å². The molecule has 0 aliphatic heterocycles. The number of halogens is 1. The molecule has 0 aliphatic carbocycles. The number of aromatic nitrogens is 2. The summed E-state index contributed by atoms with van der Waals surface area (Å²) in [5.41, 5.74) is 0.593. The molecule has 3 aromatic rings. The zero-order valence-corrected chi connectivity index (χ0v) is 13.1. The molecule has 1 atom stereocenters. The molecule has 3 rings (SSSR count). The number of carbonyl (C=O) groups excluding carboxylic acids is 1. The molecule has 0 N–H and O–H groups in total. The maximum absolute atomic E-state index is 12.3. The van der Waals surface area contributed by atoms with E-state index in [0.29, 0.717) is 27.5 Å². The second-order valence-electron chi connectivity index (χ2n) is 4.48. The van der Waals surface area contributed by atoms with Crippen LogP contribution in [0.25, 0.3) is 11.7 Å². The summed E-state index contributed by atoms with van der Waals surface area (Å²) < 4.78 is 10.7. The van der Waals surface area contributed by atoms with E-state index in [1.165, 1.54) is 18.0 Å². The normalized spacial score (nSPS) is 12.3. The van der Waals surface area contributed by atoms with Crippen LogP contribution >= 0.6 is 23.4 Å². The first kappa shape index (κ1) is 14.9. The molecule has 5 nitrogen and oxygen atoms in total. The first-order valence-corrected chi connectivity index (χ1v) is 7.73. The molecule has 22 heavy (non-hydrogen) atoms.